The number of anilines is 1. The van der Waals surface area contributed by atoms with E-state index in [1.807, 2.05) is 68.4 Å². The van der Waals surface area contributed by atoms with Crippen LogP contribution in [0.25, 0.3) is 0 Å². The first kappa shape index (κ1) is 20.7. The number of carbonyl (C=O) groups excluding carboxylic acids is 2. The molecule has 2 aromatic rings. The lowest BCUT2D eigenvalue weighted by molar-refractivity contribution is -0.138. The lowest BCUT2D eigenvalue weighted by Gasteiger charge is -2.18. The van der Waals surface area contributed by atoms with Crippen molar-refractivity contribution in [1.82, 2.24) is 0 Å². The quantitative estimate of drug-likeness (QED) is 0.421. The van der Waals surface area contributed by atoms with Gasteiger partial charge in [0.15, 0.2) is 5.57 Å². The molecule has 0 N–H and O–H groups in total. The first-order valence-corrected chi connectivity index (χ1v) is 10.3. The van der Waals surface area contributed by atoms with Crippen LogP contribution in [0.15, 0.2) is 59.1 Å². The van der Waals surface area contributed by atoms with E-state index in [-0.39, 0.29) is 18.1 Å². The number of carbonyl (C=O) groups is 2. The Balaban J connectivity index is 2.03. The summed E-state index contributed by atoms with van der Waals surface area (Å²) >= 11 is 1.25. The van der Waals surface area contributed by atoms with Crippen molar-refractivity contribution < 1.29 is 14.3 Å². The summed E-state index contributed by atoms with van der Waals surface area (Å²) in [5, 5.41) is 9.54. The van der Waals surface area contributed by atoms with Gasteiger partial charge < -0.3 is 4.74 Å². The molecule has 0 unspecified atom stereocenters. The highest BCUT2D eigenvalue weighted by Crippen LogP contribution is 2.42. The number of amides is 1. The van der Waals surface area contributed by atoms with Crippen molar-refractivity contribution in [3.8, 4) is 6.07 Å². The molecule has 0 aromatic heterocycles. The van der Waals surface area contributed by atoms with Crippen molar-refractivity contribution in [1.29, 1.82) is 5.26 Å². The second kappa shape index (κ2) is 8.97. The minimum absolute atomic E-state index is 0.141. The highest BCUT2D eigenvalue weighted by atomic mass is 32.2. The third kappa shape index (κ3) is 4.52. The number of esters is 1. The van der Waals surface area contributed by atoms with E-state index < -0.39 is 11.2 Å². The average molecular weight is 407 g/mol. The predicted molar refractivity (Wildman–Crippen MR) is 114 cm³/mol. The first-order valence-electron chi connectivity index (χ1n) is 9.39. The fourth-order valence-corrected chi connectivity index (χ4v) is 4.46. The maximum Gasteiger partial charge on any atom is 0.351 e. The number of ether oxygens (including phenoxy) is 1. The first-order chi connectivity index (χ1) is 13.9. The molecule has 1 fully saturated rings. The third-order valence-electron chi connectivity index (χ3n) is 4.55. The standard InChI is InChI=1S/C23H22N2O3S/c1-4-28-23(27)19(14-24)22-25(18-10-8-15(2)9-11-18)21(26)20(29-22)13-17-7-5-6-16(3)12-17/h5-12,20H,4,13H2,1-3H3/b22-19-/t20-/m0/s1. The van der Waals surface area contributed by atoms with E-state index in [0.717, 1.165) is 16.7 Å². The number of benzene rings is 2. The highest BCUT2D eigenvalue weighted by molar-refractivity contribution is 8.05. The number of thioether (sulfide) groups is 1. The number of rotatable bonds is 5. The van der Waals surface area contributed by atoms with E-state index in [1.165, 1.54) is 16.7 Å². The summed E-state index contributed by atoms with van der Waals surface area (Å²) in [6, 6.07) is 17.4. The van der Waals surface area contributed by atoms with Crippen LogP contribution in [0.1, 0.15) is 23.6 Å². The van der Waals surface area contributed by atoms with Crippen LogP contribution < -0.4 is 4.90 Å². The number of aryl methyl sites for hydroxylation is 2. The molecule has 0 saturated carbocycles. The summed E-state index contributed by atoms with van der Waals surface area (Å²) in [6.07, 6.45) is 0.512. The Morgan fingerprint density at radius 2 is 1.90 bits per heavy atom. The van der Waals surface area contributed by atoms with Gasteiger partial charge in [-0.2, -0.15) is 5.26 Å². The van der Waals surface area contributed by atoms with Crippen LogP contribution in [0.4, 0.5) is 5.69 Å². The number of hydrogen-bond acceptors (Lipinski definition) is 5. The van der Waals surface area contributed by atoms with E-state index in [2.05, 4.69) is 0 Å². The van der Waals surface area contributed by atoms with E-state index >= 15 is 0 Å². The largest absolute Gasteiger partial charge is 0.462 e. The molecule has 1 heterocycles. The Hall–Kier alpha value is -3.04. The van der Waals surface area contributed by atoms with Crippen LogP contribution in [-0.2, 0) is 20.7 Å². The van der Waals surface area contributed by atoms with Crippen LogP contribution in [0.2, 0.25) is 0 Å². The fraction of sp³-hybridized carbons (Fsp3) is 0.261. The van der Waals surface area contributed by atoms with Crippen LogP contribution in [0.5, 0.6) is 0 Å². The minimum Gasteiger partial charge on any atom is -0.462 e. The summed E-state index contributed by atoms with van der Waals surface area (Å²) in [5.41, 5.74) is 3.70. The van der Waals surface area contributed by atoms with E-state index in [1.54, 1.807) is 6.92 Å². The molecular weight excluding hydrogens is 384 g/mol. The molecule has 1 saturated heterocycles. The maximum atomic E-state index is 13.3. The summed E-state index contributed by atoms with van der Waals surface area (Å²) in [6.45, 7) is 5.81. The van der Waals surface area contributed by atoms with Gasteiger partial charge >= 0.3 is 5.97 Å². The predicted octanol–water partition coefficient (Wildman–Crippen LogP) is 4.29. The van der Waals surface area contributed by atoms with E-state index in [9.17, 15) is 14.9 Å². The summed E-state index contributed by atoms with van der Waals surface area (Å²) in [5.74, 6) is -0.856. The zero-order chi connectivity index (χ0) is 21.0. The topological polar surface area (TPSA) is 70.4 Å². The minimum atomic E-state index is -0.710. The Morgan fingerprint density at radius 3 is 2.52 bits per heavy atom. The summed E-state index contributed by atoms with van der Waals surface area (Å²) in [4.78, 5) is 27.1. The Labute approximate surface area is 175 Å². The maximum absolute atomic E-state index is 13.3. The zero-order valence-corrected chi connectivity index (χ0v) is 17.5. The lowest BCUT2D eigenvalue weighted by atomic mass is 10.1. The monoisotopic (exact) mass is 406 g/mol. The van der Waals surface area contributed by atoms with Gasteiger partial charge in [-0.25, -0.2) is 4.79 Å². The molecule has 5 nitrogen and oxygen atoms in total. The molecule has 0 bridgehead atoms. The summed E-state index contributed by atoms with van der Waals surface area (Å²) in [7, 11) is 0. The molecule has 1 aliphatic rings. The van der Waals surface area contributed by atoms with Crippen molar-refractivity contribution in [3.63, 3.8) is 0 Å². The molecule has 0 radical (unpaired) electrons. The molecule has 1 amide bonds. The van der Waals surface area contributed by atoms with Gasteiger partial charge in [0.05, 0.1) is 11.9 Å². The zero-order valence-electron chi connectivity index (χ0n) is 16.6. The molecule has 1 aliphatic heterocycles. The van der Waals surface area contributed by atoms with Gasteiger partial charge in [0.2, 0.25) is 5.91 Å². The van der Waals surface area contributed by atoms with Crippen molar-refractivity contribution in [2.45, 2.75) is 32.4 Å². The SMILES string of the molecule is CCOC(=O)/C(C#N)=C1\S[C@@H](Cc2cccc(C)c2)C(=O)N1c1ccc(C)cc1. The second-order valence-electron chi connectivity index (χ2n) is 6.82. The average Bonchev–Trinajstić information content (AvgIpc) is 2.99. The van der Waals surface area contributed by atoms with Crippen molar-refractivity contribution in [3.05, 3.63) is 75.8 Å². The molecular formula is C23H22N2O3S. The smallest absolute Gasteiger partial charge is 0.351 e. The number of nitriles is 1. The Morgan fingerprint density at radius 1 is 1.17 bits per heavy atom. The normalized spacial score (nSPS) is 17.8. The summed E-state index contributed by atoms with van der Waals surface area (Å²) < 4.78 is 5.04. The molecule has 0 spiro atoms. The van der Waals surface area contributed by atoms with Crippen molar-refractivity contribution in [2.75, 3.05) is 11.5 Å². The van der Waals surface area contributed by atoms with Gasteiger partial charge in [0.25, 0.3) is 0 Å². The van der Waals surface area contributed by atoms with Crippen LogP contribution in [0.3, 0.4) is 0 Å². The van der Waals surface area contributed by atoms with Gasteiger partial charge in [-0.15, -0.1) is 0 Å². The van der Waals surface area contributed by atoms with Crippen LogP contribution in [0, 0.1) is 25.2 Å². The fourth-order valence-electron chi connectivity index (χ4n) is 3.16. The Bertz CT molecular complexity index is 1010. The third-order valence-corrected chi connectivity index (χ3v) is 5.82. The van der Waals surface area contributed by atoms with Crippen LogP contribution >= 0.6 is 11.8 Å². The highest BCUT2D eigenvalue weighted by Gasteiger charge is 2.41. The van der Waals surface area contributed by atoms with Gasteiger partial charge in [-0.3, -0.25) is 9.69 Å². The van der Waals surface area contributed by atoms with E-state index in [4.69, 9.17) is 4.74 Å². The lowest BCUT2D eigenvalue weighted by Crippen LogP contribution is -2.30. The molecule has 6 heteroatoms. The Kier molecular flexibility index (Phi) is 6.40. The number of nitrogens with zero attached hydrogens (tertiary/aromatic N) is 2. The molecule has 2 aromatic carbocycles. The number of hydrogen-bond donors (Lipinski definition) is 0. The molecule has 148 valence electrons. The van der Waals surface area contributed by atoms with Gasteiger partial charge in [-0.05, 0) is 44.9 Å². The molecule has 0 aliphatic carbocycles. The molecule has 3 rings (SSSR count). The van der Waals surface area contributed by atoms with Crippen molar-refractivity contribution in [2.24, 2.45) is 0 Å². The van der Waals surface area contributed by atoms with Crippen molar-refractivity contribution >= 4 is 29.3 Å². The van der Waals surface area contributed by atoms with Crippen LogP contribution in [-0.4, -0.2) is 23.7 Å². The van der Waals surface area contributed by atoms with Gasteiger partial charge in [0, 0.05) is 5.69 Å². The molecule has 1 atom stereocenters. The second-order valence-corrected chi connectivity index (χ2v) is 8.01. The van der Waals surface area contributed by atoms with E-state index in [0.29, 0.717) is 17.1 Å². The molecule has 29 heavy (non-hydrogen) atoms. The van der Waals surface area contributed by atoms with Gasteiger partial charge in [-0.1, -0.05) is 59.3 Å². The van der Waals surface area contributed by atoms with Gasteiger partial charge in [0.1, 0.15) is 11.1 Å².